The molecule has 8 nitrogen and oxygen atoms in total. The number of benzene rings is 1. The second kappa shape index (κ2) is 7.22. The van der Waals surface area contributed by atoms with Gasteiger partial charge in [-0.25, -0.2) is 4.68 Å². The van der Waals surface area contributed by atoms with Crippen LogP contribution in [0.15, 0.2) is 39.8 Å². The molecule has 10 heteroatoms. The fourth-order valence-electron chi connectivity index (χ4n) is 2.13. The minimum Gasteiger partial charge on any atom is -0.396 e. The zero-order valence-corrected chi connectivity index (χ0v) is 14.3. The van der Waals surface area contributed by atoms with Crippen LogP contribution >= 0.6 is 23.2 Å². The lowest BCUT2D eigenvalue weighted by atomic mass is 10.1. The summed E-state index contributed by atoms with van der Waals surface area (Å²) < 4.78 is 6.14. The molecule has 0 bridgehead atoms. The van der Waals surface area contributed by atoms with Crippen molar-refractivity contribution in [3.05, 3.63) is 68.1 Å². The fourth-order valence-corrected chi connectivity index (χ4v) is 2.40. The lowest BCUT2D eigenvalue weighted by Gasteiger charge is -2.08. The SMILES string of the molecule is Nc1cnn(Cc2nc(C[C@H](O)c3ccc(Cl)cc3)no2)c(=O)c1Cl. The zero-order chi connectivity index (χ0) is 18.0. The molecule has 2 heterocycles. The van der Waals surface area contributed by atoms with Crippen LogP contribution in [0.1, 0.15) is 23.4 Å². The first-order valence-corrected chi connectivity index (χ1v) is 7.95. The van der Waals surface area contributed by atoms with Crippen molar-refractivity contribution in [2.45, 2.75) is 19.1 Å². The minimum atomic E-state index is -0.811. The highest BCUT2D eigenvalue weighted by atomic mass is 35.5. The molecule has 0 saturated carbocycles. The van der Waals surface area contributed by atoms with Gasteiger partial charge >= 0.3 is 0 Å². The molecule has 1 atom stereocenters. The monoisotopic (exact) mass is 381 g/mol. The van der Waals surface area contributed by atoms with Crippen LogP contribution in [0.5, 0.6) is 0 Å². The van der Waals surface area contributed by atoms with E-state index in [0.29, 0.717) is 16.4 Å². The predicted molar refractivity (Wildman–Crippen MR) is 91.4 cm³/mol. The number of rotatable bonds is 5. The zero-order valence-electron chi connectivity index (χ0n) is 12.8. The second-order valence-corrected chi connectivity index (χ2v) is 6.07. The summed E-state index contributed by atoms with van der Waals surface area (Å²) in [5.74, 6) is 0.459. The van der Waals surface area contributed by atoms with Crippen molar-refractivity contribution in [2.75, 3.05) is 5.73 Å². The fraction of sp³-hybridized carbons (Fsp3) is 0.200. The molecule has 0 aliphatic carbocycles. The summed E-state index contributed by atoms with van der Waals surface area (Å²) in [6.45, 7) is -0.0527. The molecule has 3 rings (SSSR count). The Morgan fingerprint density at radius 1 is 1.28 bits per heavy atom. The molecule has 0 fully saturated rings. The molecule has 0 aliphatic heterocycles. The number of aliphatic hydroxyl groups excluding tert-OH is 1. The Balaban J connectivity index is 1.71. The molecular weight excluding hydrogens is 369 g/mol. The van der Waals surface area contributed by atoms with E-state index in [9.17, 15) is 9.90 Å². The van der Waals surface area contributed by atoms with Crippen molar-refractivity contribution < 1.29 is 9.63 Å². The Bertz CT molecular complexity index is 939. The maximum atomic E-state index is 11.9. The van der Waals surface area contributed by atoms with Gasteiger partial charge in [0.15, 0.2) is 5.82 Å². The van der Waals surface area contributed by atoms with Crippen LogP contribution in [0.3, 0.4) is 0 Å². The number of halogens is 2. The summed E-state index contributed by atoms with van der Waals surface area (Å²) in [6, 6.07) is 6.80. The first-order valence-electron chi connectivity index (χ1n) is 7.20. The van der Waals surface area contributed by atoms with Crippen molar-refractivity contribution in [3.8, 4) is 0 Å². The summed E-state index contributed by atoms with van der Waals surface area (Å²) >= 11 is 11.6. The molecule has 2 aromatic heterocycles. The number of nitrogens with zero attached hydrogens (tertiary/aromatic N) is 4. The average molecular weight is 382 g/mol. The van der Waals surface area contributed by atoms with Gasteiger partial charge in [-0.2, -0.15) is 10.1 Å². The molecule has 130 valence electrons. The van der Waals surface area contributed by atoms with Crippen molar-refractivity contribution in [1.29, 1.82) is 0 Å². The molecule has 25 heavy (non-hydrogen) atoms. The minimum absolute atomic E-state index is 0.0527. The Hall–Kier alpha value is -2.42. The number of aromatic nitrogens is 4. The van der Waals surface area contributed by atoms with Gasteiger partial charge in [-0.1, -0.05) is 40.5 Å². The lowest BCUT2D eigenvalue weighted by molar-refractivity contribution is 0.174. The van der Waals surface area contributed by atoms with Gasteiger partial charge in [0.25, 0.3) is 5.56 Å². The van der Waals surface area contributed by atoms with Crippen LogP contribution in [0.2, 0.25) is 10.0 Å². The van der Waals surface area contributed by atoms with E-state index in [1.165, 1.54) is 6.20 Å². The van der Waals surface area contributed by atoms with Crippen LogP contribution in [0.25, 0.3) is 0 Å². The lowest BCUT2D eigenvalue weighted by Crippen LogP contribution is -2.24. The van der Waals surface area contributed by atoms with Crippen molar-refractivity contribution in [2.24, 2.45) is 0 Å². The van der Waals surface area contributed by atoms with Gasteiger partial charge in [0.05, 0.1) is 18.0 Å². The molecule has 0 unspecified atom stereocenters. The molecule has 3 aromatic rings. The molecule has 0 aliphatic rings. The van der Waals surface area contributed by atoms with Crippen LogP contribution in [-0.2, 0) is 13.0 Å². The molecule has 0 spiro atoms. The largest absolute Gasteiger partial charge is 0.396 e. The molecule has 0 saturated heterocycles. The van der Waals surface area contributed by atoms with E-state index in [2.05, 4.69) is 15.2 Å². The number of nitrogens with two attached hydrogens (primary N) is 1. The van der Waals surface area contributed by atoms with Crippen LogP contribution in [0.4, 0.5) is 5.69 Å². The van der Waals surface area contributed by atoms with Crippen molar-refractivity contribution >= 4 is 28.9 Å². The highest BCUT2D eigenvalue weighted by molar-refractivity contribution is 6.32. The Labute approximate surface area is 151 Å². The molecule has 0 radical (unpaired) electrons. The van der Waals surface area contributed by atoms with E-state index in [1.54, 1.807) is 24.3 Å². The quantitative estimate of drug-likeness (QED) is 0.691. The Kier molecular flexibility index (Phi) is 5.03. The van der Waals surface area contributed by atoms with Crippen LogP contribution in [-0.4, -0.2) is 25.0 Å². The second-order valence-electron chi connectivity index (χ2n) is 5.25. The van der Waals surface area contributed by atoms with Gasteiger partial charge in [-0.15, -0.1) is 0 Å². The molecular formula is C15H13Cl2N5O3. The van der Waals surface area contributed by atoms with Gasteiger partial charge in [0.2, 0.25) is 5.89 Å². The van der Waals surface area contributed by atoms with Gasteiger partial charge < -0.3 is 15.4 Å². The summed E-state index contributed by atoms with van der Waals surface area (Å²) in [6.07, 6.45) is 0.607. The van der Waals surface area contributed by atoms with Crippen LogP contribution in [0, 0.1) is 0 Å². The molecule has 3 N–H and O–H groups in total. The summed E-state index contributed by atoms with van der Waals surface area (Å²) in [4.78, 5) is 16.1. The molecule has 0 amide bonds. The van der Waals surface area contributed by atoms with Crippen molar-refractivity contribution in [1.82, 2.24) is 19.9 Å². The highest BCUT2D eigenvalue weighted by Crippen LogP contribution is 2.19. The van der Waals surface area contributed by atoms with Crippen LogP contribution < -0.4 is 11.3 Å². The third kappa shape index (κ3) is 3.98. The van der Waals surface area contributed by atoms with Gasteiger partial charge in [-0.3, -0.25) is 4.79 Å². The third-order valence-corrected chi connectivity index (χ3v) is 4.07. The van der Waals surface area contributed by atoms with Crippen molar-refractivity contribution in [3.63, 3.8) is 0 Å². The normalized spacial score (nSPS) is 12.3. The smallest absolute Gasteiger partial charge is 0.288 e. The maximum Gasteiger partial charge on any atom is 0.288 e. The van der Waals surface area contributed by atoms with E-state index in [4.69, 9.17) is 33.5 Å². The predicted octanol–water partition coefficient (Wildman–Crippen LogP) is 1.84. The third-order valence-electron chi connectivity index (χ3n) is 3.44. The van der Waals surface area contributed by atoms with E-state index in [0.717, 1.165) is 4.68 Å². The summed E-state index contributed by atoms with van der Waals surface area (Å²) in [5.41, 5.74) is 5.74. The van der Waals surface area contributed by atoms with E-state index in [1.807, 2.05) is 0 Å². The Morgan fingerprint density at radius 3 is 2.72 bits per heavy atom. The maximum absolute atomic E-state index is 11.9. The van der Waals surface area contributed by atoms with Gasteiger partial charge in [0, 0.05) is 11.4 Å². The summed E-state index contributed by atoms with van der Waals surface area (Å²) in [7, 11) is 0. The number of hydrogen-bond donors (Lipinski definition) is 2. The first-order chi connectivity index (χ1) is 11.9. The number of anilines is 1. The summed E-state index contributed by atoms with van der Waals surface area (Å²) in [5, 5.41) is 18.3. The number of nitrogen functional groups attached to an aromatic ring is 1. The average Bonchev–Trinajstić information content (AvgIpc) is 3.03. The van der Waals surface area contributed by atoms with E-state index >= 15 is 0 Å². The van der Waals surface area contributed by atoms with Gasteiger partial charge in [0.1, 0.15) is 11.6 Å². The van der Waals surface area contributed by atoms with E-state index < -0.39 is 11.7 Å². The molecule has 1 aromatic carbocycles. The standard InChI is InChI=1S/C15H13Cl2N5O3/c16-9-3-1-8(2-4-9)11(23)5-12-20-13(25-21-12)7-22-15(24)14(17)10(18)6-19-22/h1-4,6,11,23H,5,7,18H2/t11-/m0/s1. The highest BCUT2D eigenvalue weighted by Gasteiger charge is 2.15. The first kappa shape index (κ1) is 17.4. The van der Waals surface area contributed by atoms with E-state index in [-0.39, 0.29) is 29.6 Å². The van der Waals surface area contributed by atoms with Gasteiger partial charge in [-0.05, 0) is 17.7 Å². The Morgan fingerprint density at radius 2 is 2.00 bits per heavy atom. The number of aliphatic hydroxyl groups is 1. The topological polar surface area (TPSA) is 120 Å². The number of hydrogen-bond acceptors (Lipinski definition) is 7.